The van der Waals surface area contributed by atoms with E-state index >= 15 is 0 Å². The lowest BCUT2D eigenvalue weighted by Gasteiger charge is -2.25. The van der Waals surface area contributed by atoms with Crippen LogP contribution >= 0.6 is 0 Å². The fourth-order valence-electron chi connectivity index (χ4n) is 3.78. The van der Waals surface area contributed by atoms with E-state index in [0.717, 1.165) is 38.3 Å². The summed E-state index contributed by atoms with van der Waals surface area (Å²) in [4.78, 5) is 14.4. The number of rotatable bonds is 5. The molecule has 3 heteroatoms. The quantitative estimate of drug-likeness (QED) is 0.906. The maximum atomic E-state index is 12.3. The molecule has 4 rings (SSSR count). The predicted molar refractivity (Wildman–Crippen MR) is 87.4 cm³/mol. The Labute approximate surface area is 133 Å². The van der Waals surface area contributed by atoms with Gasteiger partial charge in [-0.2, -0.15) is 0 Å². The summed E-state index contributed by atoms with van der Waals surface area (Å²) in [5.41, 5.74) is 1.61. The lowest BCUT2D eigenvalue weighted by atomic mass is 10.0. The van der Waals surface area contributed by atoms with Gasteiger partial charge in [0, 0.05) is 31.1 Å². The van der Waals surface area contributed by atoms with E-state index < -0.39 is 0 Å². The predicted octanol–water partition coefficient (Wildman–Crippen LogP) is 3.06. The Kier molecular flexibility index (Phi) is 3.69. The molecule has 1 aromatic rings. The van der Waals surface area contributed by atoms with E-state index in [1.807, 2.05) is 0 Å². The van der Waals surface area contributed by atoms with Crippen LogP contribution in [0.15, 0.2) is 30.3 Å². The largest absolute Gasteiger partial charge is 0.342 e. The molecule has 22 heavy (non-hydrogen) atoms. The van der Waals surface area contributed by atoms with Crippen LogP contribution in [-0.2, 0) is 10.3 Å². The topological polar surface area (TPSA) is 32.3 Å². The SMILES string of the molecule is O=C1CC[C@@H](NC2(c3ccccc3)CC2)CCN1CC1CC1. The summed E-state index contributed by atoms with van der Waals surface area (Å²) >= 11 is 0. The number of nitrogens with zero attached hydrogens (tertiary/aromatic N) is 1. The molecule has 0 unspecified atom stereocenters. The average molecular weight is 298 g/mol. The molecule has 0 radical (unpaired) electrons. The van der Waals surface area contributed by atoms with Gasteiger partial charge < -0.3 is 10.2 Å². The molecular weight excluding hydrogens is 272 g/mol. The van der Waals surface area contributed by atoms with Crippen LogP contribution in [0.3, 0.4) is 0 Å². The highest BCUT2D eigenvalue weighted by Gasteiger charge is 2.45. The zero-order valence-electron chi connectivity index (χ0n) is 13.3. The molecular formula is C19H26N2O. The van der Waals surface area contributed by atoms with E-state index in [4.69, 9.17) is 0 Å². The minimum atomic E-state index is 0.195. The molecule has 1 aromatic carbocycles. The summed E-state index contributed by atoms with van der Waals surface area (Å²) in [7, 11) is 0. The Balaban J connectivity index is 1.38. The van der Waals surface area contributed by atoms with Gasteiger partial charge in [-0.15, -0.1) is 0 Å². The Morgan fingerprint density at radius 3 is 2.55 bits per heavy atom. The Hall–Kier alpha value is -1.35. The number of likely N-dealkylation sites (tertiary alicyclic amines) is 1. The van der Waals surface area contributed by atoms with Gasteiger partial charge in [-0.1, -0.05) is 30.3 Å². The van der Waals surface area contributed by atoms with Gasteiger partial charge in [-0.3, -0.25) is 4.79 Å². The number of amides is 1. The van der Waals surface area contributed by atoms with Gasteiger partial charge in [0.25, 0.3) is 0 Å². The van der Waals surface area contributed by atoms with E-state index in [-0.39, 0.29) is 5.54 Å². The summed E-state index contributed by atoms with van der Waals surface area (Å²) in [6.07, 6.45) is 7.92. The second-order valence-corrected chi connectivity index (χ2v) is 7.40. The minimum absolute atomic E-state index is 0.195. The maximum Gasteiger partial charge on any atom is 0.222 e. The van der Waals surface area contributed by atoms with Crippen molar-refractivity contribution in [2.75, 3.05) is 13.1 Å². The molecule has 3 aliphatic rings. The third-order valence-corrected chi connectivity index (χ3v) is 5.54. The first-order chi connectivity index (χ1) is 10.8. The first kappa shape index (κ1) is 14.3. The van der Waals surface area contributed by atoms with Crippen molar-refractivity contribution in [3.05, 3.63) is 35.9 Å². The molecule has 0 spiro atoms. The van der Waals surface area contributed by atoms with Crippen LogP contribution in [0, 0.1) is 5.92 Å². The van der Waals surface area contributed by atoms with E-state index in [9.17, 15) is 4.79 Å². The van der Waals surface area contributed by atoms with Gasteiger partial charge in [-0.25, -0.2) is 0 Å². The highest BCUT2D eigenvalue weighted by molar-refractivity contribution is 5.76. The molecule has 0 bridgehead atoms. The van der Waals surface area contributed by atoms with Crippen LogP contribution in [0.1, 0.15) is 50.5 Å². The van der Waals surface area contributed by atoms with Crippen LogP contribution in [0.25, 0.3) is 0 Å². The maximum absolute atomic E-state index is 12.3. The molecule has 1 aliphatic heterocycles. The fraction of sp³-hybridized carbons (Fsp3) is 0.632. The van der Waals surface area contributed by atoms with Gasteiger partial charge in [-0.05, 0) is 50.0 Å². The van der Waals surface area contributed by atoms with Crippen LogP contribution in [0.2, 0.25) is 0 Å². The molecule has 118 valence electrons. The molecule has 3 nitrogen and oxygen atoms in total. The van der Waals surface area contributed by atoms with E-state index in [2.05, 4.69) is 40.5 Å². The molecule has 1 heterocycles. The number of nitrogens with one attached hydrogen (secondary N) is 1. The van der Waals surface area contributed by atoms with Gasteiger partial charge in [0.05, 0.1) is 0 Å². The van der Waals surface area contributed by atoms with Crippen LogP contribution in [0.5, 0.6) is 0 Å². The van der Waals surface area contributed by atoms with E-state index in [0.29, 0.717) is 11.9 Å². The summed E-state index contributed by atoms with van der Waals surface area (Å²) < 4.78 is 0. The first-order valence-corrected chi connectivity index (χ1v) is 8.86. The van der Waals surface area contributed by atoms with E-state index in [1.54, 1.807) is 0 Å². The lowest BCUT2D eigenvalue weighted by molar-refractivity contribution is -0.130. The molecule has 1 atom stereocenters. The number of hydrogen-bond acceptors (Lipinski definition) is 2. The van der Waals surface area contributed by atoms with Crippen LogP contribution in [-0.4, -0.2) is 29.9 Å². The van der Waals surface area contributed by atoms with Crippen molar-refractivity contribution in [3.8, 4) is 0 Å². The number of carbonyl (C=O) groups is 1. The van der Waals surface area contributed by atoms with Crippen molar-refractivity contribution < 1.29 is 4.79 Å². The zero-order valence-corrected chi connectivity index (χ0v) is 13.3. The van der Waals surface area contributed by atoms with Gasteiger partial charge in [0.1, 0.15) is 0 Å². The van der Waals surface area contributed by atoms with Crippen LogP contribution < -0.4 is 5.32 Å². The molecule has 2 saturated carbocycles. The summed E-state index contributed by atoms with van der Waals surface area (Å²) in [6.45, 7) is 1.95. The third-order valence-electron chi connectivity index (χ3n) is 5.54. The number of carbonyl (C=O) groups excluding carboxylic acids is 1. The number of benzene rings is 1. The third kappa shape index (κ3) is 3.05. The fourth-order valence-corrected chi connectivity index (χ4v) is 3.78. The van der Waals surface area contributed by atoms with Crippen LogP contribution in [0.4, 0.5) is 0 Å². The molecule has 1 saturated heterocycles. The van der Waals surface area contributed by atoms with Crippen molar-refractivity contribution in [1.82, 2.24) is 10.2 Å². The number of hydrogen-bond donors (Lipinski definition) is 1. The Morgan fingerprint density at radius 1 is 1.09 bits per heavy atom. The van der Waals surface area contributed by atoms with E-state index in [1.165, 1.54) is 31.2 Å². The van der Waals surface area contributed by atoms with Crippen molar-refractivity contribution in [2.24, 2.45) is 5.92 Å². The Bertz CT molecular complexity index is 534. The smallest absolute Gasteiger partial charge is 0.222 e. The van der Waals surface area contributed by atoms with Gasteiger partial charge in [0.2, 0.25) is 5.91 Å². The average Bonchev–Trinajstić information content (AvgIpc) is 3.44. The molecule has 1 N–H and O–H groups in total. The highest BCUT2D eigenvalue weighted by atomic mass is 16.2. The Morgan fingerprint density at radius 2 is 1.86 bits per heavy atom. The van der Waals surface area contributed by atoms with Crippen molar-refractivity contribution >= 4 is 5.91 Å². The zero-order chi connectivity index (χ0) is 15.0. The lowest BCUT2D eigenvalue weighted by Crippen LogP contribution is -2.39. The first-order valence-electron chi connectivity index (χ1n) is 8.86. The minimum Gasteiger partial charge on any atom is -0.342 e. The molecule has 0 aromatic heterocycles. The van der Waals surface area contributed by atoms with Crippen molar-refractivity contribution in [2.45, 2.75) is 56.5 Å². The second-order valence-electron chi connectivity index (χ2n) is 7.40. The standard InChI is InChI=1S/C19H26N2O/c22-18-9-8-17(10-13-21(18)14-15-6-7-15)20-19(11-12-19)16-4-2-1-3-5-16/h1-5,15,17,20H,6-14H2/t17-/m1/s1. The highest BCUT2D eigenvalue weighted by Crippen LogP contribution is 2.46. The van der Waals surface area contributed by atoms with Crippen molar-refractivity contribution in [3.63, 3.8) is 0 Å². The molecule has 1 amide bonds. The summed E-state index contributed by atoms with van der Waals surface area (Å²) in [6, 6.07) is 11.3. The normalized spacial score (nSPS) is 27.5. The van der Waals surface area contributed by atoms with Gasteiger partial charge >= 0.3 is 0 Å². The molecule has 2 aliphatic carbocycles. The summed E-state index contributed by atoms with van der Waals surface area (Å²) in [5, 5.41) is 3.89. The second kappa shape index (κ2) is 5.69. The molecule has 3 fully saturated rings. The van der Waals surface area contributed by atoms with Crippen molar-refractivity contribution in [1.29, 1.82) is 0 Å². The van der Waals surface area contributed by atoms with Gasteiger partial charge in [0.15, 0.2) is 0 Å². The summed E-state index contributed by atoms with van der Waals surface area (Å²) in [5.74, 6) is 1.17. The monoisotopic (exact) mass is 298 g/mol.